The number of Topliss-reactive ketones (excluding diaryl/α,β-unsaturated/α-hetero) is 1. The number of hydrogen-bond donors (Lipinski definition) is 1. The second kappa shape index (κ2) is 5.48. The van der Waals surface area contributed by atoms with Crippen LogP contribution in [0.5, 0.6) is 11.5 Å². The molecule has 108 valence electrons. The van der Waals surface area contributed by atoms with Crippen LogP contribution >= 0.6 is 0 Å². The fraction of sp³-hybridized carbons (Fsp3) is 0.235. The standard InChI is InChI=1S/C17H17NO3/c1-20-12-8-6-11(7-9-12)14-10-18-16-13(17(14)19)4-3-5-15(16)21-2/h3-9,14,18H,10H2,1-2H3. The van der Waals surface area contributed by atoms with E-state index in [9.17, 15) is 4.79 Å². The van der Waals surface area contributed by atoms with Crippen molar-refractivity contribution < 1.29 is 14.3 Å². The molecule has 1 aliphatic heterocycles. The molecule has 2 aromatic carbocycles. The van der Waals surface area contributed by atoms with E-state index >= 15 is 0 Å². The first-order valence-corrected chi connectivity index (χ1v) is 6.83. The topological polar surface area (TPSA) is 47.6 Å². The van der Waals surface area contributed by atoms with Gasteiger partial charge in [0.1, 0.15) is 11.5 Å². The third-order valence-electron chi connectivity index (χ3n) is 3.83. The predicted octanol–water partition coefficient (Wildman–Crippen LogP) is 3.10. The summed E-state index contributed by atoms with van der Waals surface area (Å²) in [5, 5.41) is 3.31. The van der Waals surface area contributed by atoms with Crippen molar-refractivity contribution in [3.05, 3.63) is 53.6 Å². The molecule has 2 aromatic rings. The highest BCUT2D eigenvalue weighted by Gasteiger charge is 2.30. The van der Waals surface area contributed by atoms with Gasteiger partial charge in [-0.3, -0.25) is 4.79 Å². The van der Waals surface area contributed by atoms with Gasteiger partial charge >= 0.3 is 0 Å². The van der Waals surface area contributed by atoms with Crippen LogP contribution < -0.4 is 14.8 Å². The van der Waals surface area contributed by atoms with Gasteiger partial charge < -0.3 is 14.8 Å². The van der Waals surface area contributed by atoms with Crippen molar-refractivity contribution in [3.8, 4) is 11.5 Å². The zero-order valence-corrected chi connectivity index (χ0v) is 12.1. The van der Waals surface area contributed by atoms with Gasteiger partial charge in [0.25, 0.3) is 0 Å². The van der Waals surface area contributed by atoms with Crippen molar-refractivity contribution in [1.29, 1.82) is 0 Å². The molecule has 0 bridgehead atoms. The average molecular weight is 283 g/mol. The van der Waals surface area contributed by atoms with Crippen molar-refractivity contribution in [3.63, 3.8) is 0 Å². The number of fused-ring (bicyclic) bond motifs is 1. The van der Waals surface area contributed by atoms with Crippen molar-refractivity contribution in [2.45, 2.75) is 5.92 Å². The van der Waals surface area contributed by atoms with Gasteiger partial charge in [-0.1, -0.05) is 18.2 Å². The Morgan fingerprint density at radius 2 is 1.81 bits per heavy atom. The number of carbonyl (C=O) groups excluding carboxylic acids is 1. The molecular weight excluding hydrogens is 266 g/mol. The van der Waals surface area contributed by atoms with Gasteiger partial charge in [-0.05, 0) is 29.8 Å². The zero-order chi connectivity index (χ0) is 14.8. The highest BCUT2D eigenvalue weighted by Crippen LogP contribution is 2.36. The summed E-state index contributed by atoms with van der Waals surface area (Å²) < 4.78 is 10.5. The number of ether oxygens (including phenoxy) is 2. The van der Waals surface area contributed by atoms with Crippen LogP contribution in [0.25, 0.3) is 0 Å². The zero-order valence-electron chi connectivity index (χ0n) is 12.1. The average Bonchev–Trinajstić information content (AvgIpc) is 2.55. The molecule has 0 radical (unpaired) electrons. The van der Waals surface area contributed by atoms with Crippen molar-refractivity contribution in [1.82, 2.24) is 0 Å². The second-order valence-corrected chi connectivity index (χ2v) is 4.95. The summed E-state index contributed by atoms with van der Waals surface area (Å²) in [5.74, 6) is 1.43. The normalized spacial score (nSPS) is 16.9. The van der Waals surface area contributed by atoms with Crippen molar-refractivity contribution >= 4 is 11.5 Å². The van der Waals surface area contributed by atoms with Gasteiger partial charge in [-0.15, -0.1) is 0 Å². The highest BCUT2D eigenvalue weighted by molar-refractivity contribution is 6.08. The van der Waals surface area contributed by atoms with E-state index in [4.69, 9.17) is 9.47 Å². The van der Waals surface area contributed by atoms with Crippen LogP contribution in [0.1, 0.15) is 21.8 Å². The minimum absolute atomic E-state index is 0.118. The Bertz CT molecular complexity index is 664. The van der Waals surface area contributed by atoms with Crippen LogP contribution in [-0.2, 0) is 0 Å². The number of anilines is 1. The van der Waals surface area contributed by atoms with E-state index in [0.717, 1.165) is 17.0 Å². The molecule has 0 fully saturated rings. The first-order chi connectivity index (χ1) is 10.2. The Hall–Kier alpha value is -2.49. The Balaban J connectivity index is 1.95. The molecule has 1 N–H and O–H groups in total. The maximum Gasteiger partial charge on any atom is 0.174 e. The van der Waals surface area contributed by atoms with E-state index in [1.807, 2.05) is 42.5 Å². The summed E-state index contributed by atoms with van der Waals surface area (Å²) in [6, 6.07) is 13.2. The monoisotopic (exact) mass is 283 g/mol. The minimum atomic E-state index is -0.185. The summed E-state index contributed by atoms with van der Waals surface area (Å²) >= 11 is 0. The maximum atomic E-state index is 12.7. The van der Waals surface area contributed by atoms with E-state index < -0.39 is 0 Å². The fourth-order valence-corrected chi connectivity index (χ4v) is 2.68. The second-order valence-electron chi connectivity index (χ2n) is 4.95. The van der Waals surface area contributed by atoms with Crippen LogP contribution in [0.4, 0.5) is 5.69 Å². The van der Waals surface area contributed by atoms with Gasteiger partial charge in [-0.25, -0.2) is 0 Å². The smallest absolute Gasteiger partial charge is 0.174 e. The third kappa shape index (κ3) is 2.33. The molecule has 1 atom stereocenters. The lowest BCUT2D eigenvalue weighted by atomic mass is 9.87. The Morgan fingerprint density at radius 3 is 2.48 bits per heavy atom. The van der Waals surface area contributed by atoms with Crippen LogP contribution in [0, 0.1) is 0 Å². The van der Waals surface area contributed by atoms with Crippen LogP contribution in [0.15, 0.2) is 42.5 Å². The Kier molecular flexibility index (Phi) is 3.52. The number of para-hydroxylation sites is 1. The molecule has 1 aliphatic rings. The molecule has 0 amide bonds. The molecule has 0 saturated carbocycles. The number of hydrogen-bond acceptors (Lipinski definition) is 4. The van der Waals surface area contributed by atoms with E-state index in [-0.39, 0.29) is 11.7 Å². The molecule has 0 aromatic heterocycles. The van der Waals surface area contributed by atoms with Crippen molar-refractivity contribution in [2.24, 2.45) is 0 Å². The number of benzene rings is 2. The summed E-state index contributed by atoms with van der Waals surface area (Å²) in [6.07, 6.45) is 0. The highest BCUT2D eigenvalue weighted by atomic mass is 16.5. The van der Waals surface area contributed by atoms with Crippen LogP contribution in [0.2, 0.25) is 0 Å². The van der Waals surface area contributed by atoms with Crippen LogP contribution in [0.3, 0.4) is 0 Å². The molecule has 1 unspecified atom stereocenters. The number of ketones is 1. The Labute approximate surface area is 123 Å². The maximum absolute atomic E-state index is 12.7. The molecule has 21 heavy (non-hydrogen) atoms. The van der Waals surface area contributed by atoms with E-state index in [1.165, 1.54) is 0 Å². The molecule has 0 aliphatic carbocycles. The number of carbonyl (C=O) groups is 1. The molecule has 4 nitrogen and oxygen atoms in total. The number of nitrogens with one attached hydrogen (secondary N) is 1. The lowest BCUT2D eigenvalue weighted by Crippen LogP contribution is -2.28. The largest absolute Gasteiger partial charge is 0.497 e. The molecule has 0 spiro atoms. The van der Waals surface area contributed by atoms with E-state index in [2.05, 4.69) is 5.32 Å². The molecular formula is C17H17NO3. The summed E-state index contributed by atoms with van der Waals surface area (Å²) in [5.41, 5.74) is 2.46. The van der Waals surface area contributed by atoms with Crippen molar-refractivity contribution in [2.75, 3.05) is 26.1 Å². The SMILES string of the molecule is COc1ccc(C2CNc3c(OC)cccc3C2=O)cc1. The van der Waals surface area contributed by atoms with Gasteiger partial charge in [0, 0.05) is 12.1 Å². The van der Waals surface area contributed by atoms with Gasteiger partial charge in [0.05, 0.1) is 25.8 Å². The first kappa shape index (κ1) is 13.5. The molecule has 0 saturated heterocycles. The van der Waals surface area contributed by atoms with Gasteiger partial charge in [0.2, 0.25) is 0 Å². The predicted molar refractivity (Wildman–Crippen MR) is 81.5 cm³/mol. The third-order valence-corrected chi connectivity index (χ3v) is 3.83. The Morgan fingerprint density at radius 1 is 1.05 bits per heavy atom. The summed E-state index contributed by atoms with van der Waals surface area (Å²) in [6.45, 7) is 0.568. The molecule has 1 heterocycles. The van der Waals surface area contributed by atoms with E-state index in [0.29, 0.717) is 17.9 Å². The fourth-order valence-electron chi connectivity index (χ4n) is 2.68. The number of rotatable bonds is 3. The molecule has 3 rings (SSSR count). The summed E-state index contributed by atoms with van der Waals surface area (Å²) in [7, 11) is 3.24. The lowest BCUT2D eigenvalue weighted by molar-refractivity contribution is 0.0960. The lowest BCUT2D eigenvalue weighted by Gasteiger charge is -2.26. The molecule has 4 heteroatoms. The van der Waals surface area contributed by atoms with Gasteiger partial charge in [-0.2, -0.15) is 0 Å². The summed E-state index contributed by atoms with van der Waals surface area (Å²) in [4.78, 5) is 12.7. The quantitative estimate of drug-likeness (QED) is 0.940. The minimum Gasteiger partial charge on any atom is -0.497 e. The van der Waals surface area contributed by atoms with Gasteiger partial charge in [0.15, 0.2) is 5.78 Å². The van der Waals surface area contributed by atoms with Crippen LogP contribution in [-0.4, -0.2) is 26.5 Å². The first-order valence-electron chi connectivity index (χ1n) is 6.83. The van der Waals surface area contributed by atoms with E-state index in [1.54, 1.807) is 14.2 Å². The number of methoxy groups -OCH3 is 2.